The first-order valence-electron chi connectivity index (χ1n) is 12.2. The molecule has 0 amide bonds. The van der Waals surface area contributed by atoms with Crippen molar-refractivity contribution in [1.29, 1.82) is 0 Å². The molecule has 6 nitrogen and oxygen atoms in total. The van der Waals surface area contributed by atoms with E-state index in [-0.39, 0.29) is 17.4 Å². The first kappa shape index (κ1) is 22.7. The van der Waals surface area contributed by atoms with Gasteiger partial charge in [0.2, 0.25) is 0 Å². The van der Waals surface area contributed by atoms with Crippen LogP contribution in [0.15, 0.2) is 105 Å². The van der Waals surface area contributed by atoms with Crippen molar-refractivity contribution in [2.45, 2.75) is 26.3 Å². The molecule has 182 valence electrons. The van der Waals surface area contributed by atoms with Crippen LogP contribution in [0.5, 0.6) is 5.75 Å². The summed E-state index contributed by atoms with van der Waals surface area (Å²) in [7, 11) is 0. The normalized spacial score (nSPS) is 15.2. The van der Waals surface area contributed by atoms with Crippen molar-refractivity contribution in [2.75, 3.05) is 5.01 Å². The summed E-state index contributed by atoms with van der Waals surface area (Å²) in [4.78, 5) is 17.7. The maximum atomic E-state index is 13.2. The van der Waals surface area contributed by atoms with Gasteiger partial charge in [0, 0.05) is 18.2 Å². The Hall–Kier alpha value is -4.71. The summed E-state index contributed by atoms with van der Waals surface area (Å²) in [5, 5.41) is 18.6. The topological polar surface area (TPSA) is 78.9 Å². The molecule has 37 heavy (non-hydrogen) atoms. The predicted molar refractivity (Wildman–Crippen MR) is 146 cm³/mol. The number of para-hydroxylation sites is 1. The summed E-state index contributed by atoms with van der Waals surface area (Å²) in [5.41, 5.74) is 6.11. The van der Waals surface area contributed by atoms with Gasteiger partial charge in [-0.15, -0.1) is 0 Å². The monoisotopic (exact) mass is 487 g/mol. The van der Waals surface area contributed by atoms with Crippen LogP contribution in [0.3, 0.4) is 0 Å². The maximum Gasteiger partial charge on any atom is 0.349 e. The van der Waals surface area contributed by atoms with Gasteiger partial charge >= 0.3 is 5.63 Å². The van der Waals surface area contributed by atoms with Gasteiger partial charge in [-0.25, -0.2) is 4.79 Å². The van der Waals surface area contributed by atoms with Gasteiger partial charge in [-0.1, -0.05) is 48.5 Å². The van der Waals surface area contributed by atoms with Crippen LogP contribution < -0.4 is 10.6 Å². The van der Waals surface area contributed by atoms with Crippen molar-refractivity contribution >= 4 is 22.4 Å². The molecule has 2 aromatic heterocycles. The molecular formula is C31H25N3O3. The maximum absolute atomic E-state index is 13.2. The summed E-state index contributed by atoms with van der Waals surface area (Å²) in [6.45, 7) is 3.91. The van der Waals surface area contributed by atoms with Crippen LogP contribution in [-0.2, 0) is 0 Å². The molecule has 3 heterocycles. The van der Waals surface area contributed by atoms with E-state index in [1.54, 1.807) is 12.3 Å². The van der Waals surface area contributed by atoms with E-state index >= 15 is 0 Å². The Bertz CT molecular complexity index is 1710. The highest BCUT2D eigenvalue weighted by Crippen LogP contribution is 2.41. The number of hydrogen-bond donors (Lipinski definition) is 1. The van der Waals surface area contributed by atoms with E-state index in [2.05, 4.69) is 11.1 Å². The molecule has 1 N–H and O–H groups in total. The fourth-order valence-electron chi connectivity index (χ4n) is 4.96. The number of rotatable bonds is 4. The SMILES string of the molecule is Cc1cc2oc(=O)c(C3=NN(c4ccccc4)C(c4ccccc4-c4ccccn4)C3)c(O)c2cc1C. The van der Waals surface area contributed by atoms with Crippen molar-refractivity contribution in [1.82, 2.24) is 4.98 Å². The van der Waals surface area contributed by atoms with Gasteiger partial charge in [0.15, 0.2) is 0 Å². The number of fused-ring (bicyclic) bond motifs is 1. The van der Waals surface area contributed by atoms with Crippen LogP contribution in [0, 0.1) is 13.8 Å². The van der Waals surface area contributed by atoms with E-state index in [9.17, 15) is 9.90 Å². The minimum absolute atomic E-state index is 0.0974. The first-order chi connectivity index (χ1) is 18.0. The Morgan fingerprint density at radius 1 is 0.919 bits per heavy atom. The van der Waals surface area contributed by atoms with Gasteiger partial charge < -0.3 is 9.52 Å². The first-order valence-corrected chi connectivity index (χ1v) is 12.2. The van der Waals surface area contributed by atoms with Gasteiger partial charge in [-0.05, 0) is 66.9 Å². The standard InChI is InChI=1S/C31H25N3O3/c1-19-16-24-28(17-20(19)2)37-31(36)29(30(24)35)26-18-27(34(33-26)21-10-4-3-5-11-21)23-13-7-6-12-22(23)25-14-8-9-15-32-25/h3-17,27,35H,18H2,1-2H3. The highest BCUT2D eigenvalue weighted by molar-refractivity contribution is 6.08. The lowest BCUT2D eigenvalue weighted by Gasteiger charge is -2.25. The van der Waals surface area contributed by atoms with Gasteiger partial charge in [-0.3, -0.25) is 9.99 Å². The quantitative estimate of drug-likeness (QED) is 0.292. The van der Waals surface area contributed by atoms with Gasteiger partial charge in [0.05, 0.1) is 28.5 Å². The zero-order chi connectivity index (χ0) is 25.5. The van der Waals surface area contributed by atoms with Crippen molar-refractivity contribution < 1.29 is 9.52 Å². The van der Waals surface area contributed by atoms with Gasteiger partial charge in [-0.2, -0.15) is 5.10 Å². The zero-order valence-corrected chi connectivity index (χ0v) is 20.6. The Balaban J connectivity index is 1.52. The van der Waals surface area contributed by atoms with Crippen LogP contribution in [-0.4, -0.2) is 15.8 Å². The van der Waals surface area contributed by atoms with Crippen molar-refractivity contribution in [3.05, 3.63) is 124 Å². The average molecular weight is 488 g/mol. The highest BCUT2D eigenvalue weighted by Gasteiger charge is 2.34. The van der Waals surface area contributed by atoms with E-state index in [4.69, 9.17) is 9.52 Å². The molecule has 1 unspecified atom stereocenters. The zero-order valence-electron chi connectivity index (χ0n) is 20.6. The molecule has 3 aromatic carbocycles. The lowest BCUT2D eigenvalue weighted by Crippen LogP contribution is -2.19. The van der Waals surface area contributed by atoms with Crippen LogP contribution >= 0.6 is 0 Å². The highest BCUT2D eigenvalue weighted by atomic mass is 16.4. The largest absolute Gasteiger partial charge is 0.506 e. The van der Waals surface area contributed by atoms with Crippen molar-refractivity contribution in [3.8, 4) is 17.0 Å². The molecule has 0 saturated heterocycles. The van der Waals surface area contributed by atoms with Crippen molar-refractivity contribution in [3.63, 3.8) is 0 Å². The summed E-state index contributed by atoms with van der Waals surface area (Å²) in [6, 6.07) is 27.2. The third-order valence-electron chi connectivity index (χ3n) is 6.97. The van der Waals surface area contributed by atoms with Gasteiger partial charge in [0.1, 0.15) is 16.9 Å². The number of hydrogen-bond acceptors (Lipinski definition) is 6. The van der Waals surface area contributed by atoms with E-state index in [0.29, 0.717) is 23.1 Å². The van der Waals surface area contributed by atoms with E-state index in [1.165, 1.54) is 0 Å². The molecule has 0 aliphatic carbocycles. The Morgan fingerprint density at radius 2 is 1.65 bits per heavy atom. The molecule has 6 heteroatoms. The molecule has 0 bridgehead atoms. The lowest BCUT2D eigenvalue weighted by atomic mass is 9.92. The fourth-order valence-corrected chi connectivity index (χ4v) is 4.96. The number of pyridine rings is 1. The summed E-state index contributed by atoms with van der Waals surface area (Å²) in [6.07, 6.45) is 2.19. The molecular weight excluding hydrogens is 462 g/mol. The number of aromatic nitrogens is 1. The van der Waals surface area contributed by atoms with Crippen LogP contribution in [0.25, 0.3) is 22.2 Å². The second-order valence-electron chi connectivity index (χ2n) is 9.29. The molecule has 0 radical (unpaired) electrons. The molecule has 1 atom stereocenters. The Morgan fingerprint density at radius 3 is 2.43 bits per heavy atom. The number of hydrazone groups is 1. The van der Waals surface area contributed by atoms with E-state index < -0.39 is 5.63 Å². The summed E-state index contributed by atoms with van der Waals surface area (Å²) >= 11 is 0. The minimum atomic E-state index is -0.598. The average Bonchev–Trinajstić information content (AvgIpc) is 3.36. The third-order valence-corrected chi connectivity index (χ3v) is 6.97. The lowest BCUT2D eigenvalue weighted by molar-refractivity contribution is 0.466. The van der Waals surface area contributed by atoms with E-state index in [0.717, 1.165) is 33.6 Å². The number of nitrogens with zero attached hydrogens (tertiary/aromatic N) is 3. The fraction of sp³-hybridized carbons (Fsp3) is 0.129. The summed E-state index contributed by atoms with van der Waals surface area (Å²) in [5.74, 6) is -0.0974. The molecule has 0 saturated carbocycles. The second-order valence-corrected chi connectivity index (χ2v) is 9.29. The Kier molecular flexibility index (Phi) is 5.57. The summed E-state index contributed by atoms with van der Waals surface area (Å²) < 4.78 is 5.67. The van der Waals surface area contributed by atoms with Crippen LogP contribution in [0.4, 0.5) is 5.69 Å². The van der Waals surface area contributed by atoms with Crippen LogP contribution in [0.2, 0.25) is 0 Å². The molecule has 0 spiro atoms. The smallest absolute Gasteiger partial charge is 0.349 e. The van der Waals surface area contributed by atoms with Gasteiger partial charge in [0.25, 0.3) is 0 Å². The van der Waals surface area contributed by atoms with Crippen molar-refractivity contribution in [2.24, 2.45) is 5.10 Å². The number of aromatic hydroxyl groups is 1. The Labute approximate surface area is 214 Å². The molecule has 1 aliphatic heterocycles. The third kappa shape index (κ3) is 3.96. The van der Waals surface area contributed by atoms with E-state index in [1.807, 2.05) is 91.7 Å². The predicted octanol–water partition coefficient (Wildman–Crippen LogP) is 6.53. The number of anilines is 1. The van der Waals surface area contributed by atoms with Crippen LogP contribution in [0.1, 0.15) is 34.7 Å². The molecule has 5 aromatic rings. The molecule has 1 aliphatic rings. The molecule has 0 fully saturated rings. The number of benzene rings is 3. The molecule has 6 rings (SSSR count). The minimum Gasteiger partial charge on any atom is -0.506 e. The number of aryl methyl sites for hydroxylation is 2. The second kappa shape index (κ2) is 9.06.